The van der Waals surface area contributed by atoms with E-state index in [1.54, 1.807) is 0 Å². The first-order chi connectivity index (χ1) is 19.9. The molecule has 0 aromatic carbocycles. The van der Waals surface area contributed by atoms with E-state index in [1.165, 1.54) is 103 Å². The third-order valence-electron chi connectivity index (χ3n) is 7.89. The van der Waals surface area contributed by atoms with Crippen molar-refractivity contribution >= 4 is 7.75 Å². The summed E-state index contributed by atoms with van der Waals surface area (Å²) in [5, 5.41) is 0. The average molecular weight is 604 g/mol. The van der Waals surface area contributed by atoms with Gasteiger partial charge in [-0.05, 0) is 67.0 Å². The molecule has 6 nitrogen and oxygen atoms in total. The fourth-order valence-electron chi connectivity index (χ4n) is 5.24. The number of nitrogens with zero attached hydrogens (tertiary/aromatic N) is 3. The van der Waals surface area contributed by atoms with Crippen LogP contribution >= 0.6 is 7.75 Å². The molecule has 248 valence electrons. The fraction of sp³-hybridized carbons (Fsp3) is 1.00. The quantitative estimate of drug-likeness (QED) is 0.0549. The molecule has 0 bridgehead atoms. The van der Waals surface area contributed by atoms with Crippen molar-refractivity contribution in [3.05, 3.63) is 0 Å². The molecule has 0 aliphatic heterocycles. The van der Waals surface area contributed by atoms with Gasteiger partial charge in [-0.3, -0.25) is 9.05 Å². The van der Waals surface area contributed by atoms with E-state index in [4.69, 9.17) is 9.05 Å². The molecule has 0 amide bonds. The summed E-state index contributed by atoms with van der Waals surface area (Å²) >= 11 is 0. The Balaban J connectivity index is 4.69. The maximum atomic E-state index is 14.2. The molecular formula is C34H74N3O3P. The van der Waals surface area contributed by atoms with Gasteiger partial charge in [-0.25, -0.2) is 9.24 Å². The minimum Gasteiger partial charge on any atom is -0.309 e. The lowest BCUT2D eigenvalue weighted by Crippen LogP contribution is -2.30. The third-order valence-corrected chi connectivity index (χ3v) is 10.0. The van der Waals surface area contributed by atoms with Crippen LogP contribution in [-0.4, -0.2) is 82.1 Å². The highest BCUT2D eigenvalue weighted by Gasteiger charge is 2.33. The van der Waals surface area contributed by atoms with Crippen molar-refractivity contribution in [2.75, 3.05) is 67.6 Å². The Hall–Kier alpha value is 0.0300. The minimum absolute atomic E-state index is 0.531. The molecule has 0 spiro atoms. The van der Waals surface area contributed by atoms with Gasteiger partial charge in [0, 0.05) is 13.1 Å². The molecule has 0 radical (unpaired) electrons. The van der Waals surface area contributed by atoms with Gasteiger partial charge in [0.1, 0.15) is 0 Å². The van der Waals surface area contributed by atoms with Crippen LogP contribution in [0.3, 0.4) is 0 Å². The highest BCUT2D eigenvalue weighted by Crippen LogP contribution is 2.52. The van der Waals surface area contributed by atoms with Crippen molar-refractivity contribution < 1.29 is 13.6 Å². The van der Waals surface area contributed by atoms with Gasteiger partial charge in [0.15, 0.2) is 0 Å². The van der Waals surface area contributed by atoms with Crippen LogP contribution in [0, 0.1) is 0 Å². The van der Waals surface area contributed by atoms with Crippen LogP contribution in [0.4, 0.5) is 0 Å². The summed E-state index contributed by atoms with van der Waals surface area (Å²) in [7, 11) is 5.08. The van der Waals surface area contributed by atoms with Crippen LogP contribution in [-0.2, 0) is 13.6 Å². The molecule has 0 saturated carbocycles. The zero-order chi connectivity index (χ0) is 30.4. The highest BCUT2D eigenvalue weighted by atomic mass is 31.2. The van der Waals surface area contributed by atoms with E-state index >= 15 is 0 Å². The predicted molar refractivity (Wildman–Crippen MR) is 181 cm³/mol. The zero-order valence-electron chi connectivity index (χ0n) is 28.8. The van der Waals surface area contributed by atoms with E-state index in [0.29, 0.717) is 13.2 Å². The Bertz CT molecular complexity index is 533. The molecule has 0 fully saturated rings. The Morgan fingerprint density at radius 2 is 0.707 bits per heavy atom. The van der Waals surface area contributed by atoms with E-state index in [9.17, 15) is 4.57 Å². The van der Waals surface area contributed by atoms with Crippen LogP contribution in [0.2, 0.25) is 0 Å². The molecule has 0 aliphatic rings. The molecular weight excluding hydrogens is 529 g/mol. The highest BCUT2D eigenvalue weighted by molar-refractivity contribution is 7.51. The Morgan fingerprint density at radius 1 is 0.415 bits per heavy atom. The standard InChI is InChI=1S/C34H74N3O3P/c1-7-9-11-13-15-17-19-21-23-25-33-39-41(38,37(31-27-29-35(3)4)32-28-30-36(5)6)40-34-26-24-22-20-18-16-14-12-10-8-2/h7-34H2,1-6H3. The van der Waals surface area contributed by atoms with E-state index in [-0.39, 0.29) is 0 Å². The van der Waals surface area contributed by atoms with Gasteiger partial charge in [0.25, 0.3) is 0 Å². The molecule has 0 atom stereocenters. The second-order valence-electron chi connectivity index (χ2n) is 12.8. The number of rotatable bonds is 33. The summed E-state index contributed by atoms with van der Waals surface area (Å²) in [6.07, 6.45) is 27.6. The summed E-state index contributed by atoms with van der Waals surface area (Å²) < 4.78 is 28.7. The first kappa shape index (κ1) is 41.0. The zero-order valence-corrected chi connectivity index (χ0v) is 29.7. The summed E-state index contributed by atoms with van der Waals surface area (Å²) in [6.45, 7) is 9.06. The largest absolute Gasteiger partial charge is 0.408 e. The first-order valence-corrected chi connectivity index (χ1v) is 19.3. The van der Waals surface area contributed by atoms with Crippen molar-refractivity contribution in [2.24, 2.45) is 0 Å². The predicted octanol–water partition coefficient (Wildman–Crippen LogP) is 10.2. The van der Waals surface area contributed by atoms with Crippen molar-refractivity contribution in [2.45, 2.75) is 155 Å². The van der Waals surface area contributed by atoms with Gasteiger partial charge in [-0.2, -0.15) is 0 Å². The molecule has 0 N–H and O–H groups in total. The lowest BCUT2D eigenvalue weighted by molar-refractivity contribution is 0.147. The normalized spacial score (nSPS) is 12.4. The summed E-state index contributed by atoms with van der Waals surface area (Å²) in [5.41, 5.74) is 0. The molecule has 0 rings (SSSR count). The van der Waals surface area contributed by atoms with Crippen LogP contribution in [0.1, 0.15) is 155 Å². The molecule has 0 aromatic heterocycles. The van der Waals surface area contributed by atoms with Crippen LogP contribution < -0.4 is 0 Å². The fourth-order valence-corrected chi connectivity index (χ4v) is 7.13. The smallest absolute Gasteiger partial charge is 0.309 e. The lowest BCUT2D eigenvalue weighted by Gasteiger charge is -2.31. The van der Waals surface area contributed by atoms with Crippen LogP contribution in [0.25, 0.3) is 0 Å². The molecule has 0 heterocycles. The van der Waals surface area contributed by atoms with Gasteiger partial charge in [0.05, 0.1) is 13.2 Å². The molecule has 0 aliphatic carbocycles. The van der Waals surface area contributed by atoms with E-state index in [0.717, 1.165) is 64.7 Å². The Morgan fingerprint density at radius 3 is 1.00 bits per heavy atom. The number of hydrogen-bond acceptors (Lipinski definition) is 5. The average Bonchev–Trinajstić information content (AvgIpc) is 2.93. The van der Waals surface area contributed by atoms with Crippen molar-refractivity contribution in [3.8, 4) is 0 Å². The summed E-state index contributed by atoms with van der Waals surface area (Å²) in [4.78, 5) is 4.39. The van der Waals surface area contributed by atoms with Gasteiger partial charge in [-0.15, -0.1) is 0 Å². The number of hydrogen-bond donors (Lipinski definition) is 0. The van der Waals surface area contributed by atoms with Crippen molar-refractivity contribution in [3.63, 3.8) is 0 Å². The summed E-state index contributed by atoms with van der Waals surface area (Å²) in [6, 6.07) is 0. The lowest BCUT2D eigenvalue weighted by atomic mass is 10.1. The SMILES string of the molecule is CCCCCCCCCCCCOP(=O)(OCCCCCCCCCCCC)N(CCCN(C)C)CCCN(C)C. The molecule has 0 unspecified atom stereocenters. The van der Waals surface area contributed by atoms with Crippen LogP contribution in [0.5, 0.6) is 0 Å². The molecule has 0 saturated heterocycles. The number of unbranched alkanes of at least 4 members (excludes halogenated alkanes) is 18. The van der Waals surface area contributed by atoms with Crippen molar-refractivity contribution in [1.82, 2.24) is 14.5 Å². The van der Waals surface area contributed by atoms with Gasteiger partial charge in [0.2, 0.25) is 0 Å². The topological polar surface area (TPSA) is 45.3 Å². The second kappa shape index (κ2) is 30.1. The molecule has 41 heavy (non-hydrogen) atoms. The van der Waals surface area contributed by atoms with E-state index in [2.05, 4.69) is 51.8 Å². The maximum absolute atomic E-state index is 14.2. The van der Waals surface area contributed by atoms with Gasteiger partial charge >= 0.3 is 7.75 Å². The van der Waals surface area contributed by atoms with E-state index < -0.39 is 7.75 Å². The monoisotopic (exact) mass is 604 g/mol. The van der Waals surface area contributed by atoms with E-state index in [1.807, 2.05) is 4.67 Å². The molecule has 0 aromatic rings. The van der Waals surface area contributed by atoms with Crippen LogP contribution in [0.15, 0.2) is 0 Å². The summed E-state index contributed by atoms with van der Waals surface area (Å²) in [5.74, 6) is 0. The first-order valence-electron chi connectivity index (χ1n) is 17.8. The Kier molecular flexibility index (Phi) is 30.1. The Labute approximate surface area is 258 Å². The minimum atomic E-state index is -3.31. The van der Waals surface area contributed by atoms with Gasteiger partial charge in [-0.1, -0.05) is 129 Å². The third kappa shape index (κ3) is 27.3. The maximum Gasteiger partial charge on any atom is 0.408 e. The molecule has 7 heteroatoms. The second-order valence-corrected chi connectivity index (χ2v) is 14.8. The van der Waals surface area contributed by atoms with Gasteiger partial charge < -0.3 is 9.80 Å². The van der Waals surface area contributed by atoms with Crippen molar-refractivity contribution in [1.29, 1.82) is 0 Å².